The van der Waals surface area contributed by atoms with Crippen molar-refractivity contribution in [2.45, 2.75) is 13.3 Å². The number of rotatable bonds is 5. The normalized spacial score (nSPS) is 10.6. The standard InChI is InChI=1S/C12H13FN2O2S/c1-2-17-11(16)5-6-14-12-15-9-4-3-8(13)7-10(9)18-12/h3-4,7H,2,5-6H2,1H3,(H,14,15). The molecule has 1 heterocycles. The molecule has 4 nitrogen and oxygen atoms in total. The van der Waals surface area contributed by atoms with E-state index in [0.29, 0.717) is 18.3 Å². The maximum Gasteiger partial charge on any atom is 0.307 e. The molecule has 0 atom stereocenters. The van der Waals surface area contributed by atoms with Crippen LogP contribution in [0.25, 0.3) is 10.2 Å². The molecule has 0 saturated heterocycles. The van der Waals surface area contributed by atoms with Gasteiger partial charge in [-0.3, -0.25) is 4.79 Å². The second kappa shape index (κ2) is 5.77. The molecule has 0 bridgehead atoms. The van der Waals surface area contributed by atoms with Crippen LogP contribution in [0.3, 0.4) is 0 Å². The van der Waals surface area contributed by atoms with Gasteiger partial charge in [-0.05, 0) is 25.1 Å². The van der Waals surface area contributed by atoms with E-state index in [4.69, 9.17) is 4.74 Å². The minimum absolute atomic E-state index is 0.239. The minimum atomic E-state index is -0.274. The summed E-state index contributed by atoms with van der Waals surface area (Å²) < 4.78 is 18.6. The number of benzene rings is 1. The number of carbonyl (C=O) groups excluding carboxylic acids is 1. The fourth-order valence-electron chi connectivity index (χ4n) is 1.48. The van der Waals surface area contributed by atoms with Crippen molar-refractivity contribution < 1.29 is 13.9 Å². The summed E-state index contributed by atoms with van der Waals surface area (Å²) in [5.74, 6) is -0.513. The van der Waals surface area contributed by atoms with Crippen LogP contribution in [-0.4, -0.2) is 24.1 Å². The van der Waals surface area contributed by atoms with Gasteiger partial charge < -0.3 is 10.1 Å². The zero-order chi connectivity index (χ0) is 13.0. The Labute approximate surface area is 108 Å². The molecular weight excluding hydrogens is 255 g/mol. The van der Waals surface area contributed by atoms with Crippen molar-refractivity contribution in [2.24, 2.45) is 0 Å². The van der Waals surface area contributed by atoms with E-state index in [1.807, 2.05) is 0 Å². The minimum Gasteiger partial charge on any atom is -0.466 e. The first-order valence-electron chi connectivity index (χ1n) is 5.64. The molecule has 0 aliphatic carbocycles. The summed E-state index contributed by atoms with van der Waals surface area (Å²) in [5.41, 5.74) is 0.750. The van der Waals surface area contributed by atoms with Gasteiger partial charge in [0.1, 0.15) is 5.82 Å². The van der Waals surface area contributed by atoms with Gasteiger partial charge in [-0.15, -0.1) is 0 Å². The Morgan fingerprint density at radius 1 is 1.56 bits per heavy atom. The third-order valence-electron chi connectivity index (χ3n) is 2.26. The van der Waals surface area contributed by atoms with Gasteiger partial charge in [0.25, 0.3) is 0 Å². The van der Waals surface area contributed by atoms with Crippen LogP contribution in [0.2, 0.25) is 0 Å². The van der Waals surface area contributed by atoms with Crippen LogP contribution in [0.1, 0.15) is 13.3 Å². The van der Waals surface area contributed by atoms with E-state index in [2.05, 4.69) is 10.3 Å². The van der Waals surface area contributed by atoms with Gasteiger partial charge in [-0.2, -0.15) is 0 Å². The number of hydrogen-bond donors (Lipinski definition) is 1. The third-order valence-corrected chi connectivity index (χ3v) is 3.24. The first-order valence-corrected chi connectivity index (χ1v) is 6.46. The number of carbonyl (C=O) groups is 1. The number of nitrogens with zero attached hydrogens (tertiary/aromatic N) is 1. The number of hydrogen-bond acceptors (Lipinski definition) is 5. The highest BCUT2D eigenvalue weighted by Gasteiger charge is 2.06. The molecule has 0 aliphatic rings. The summed E-state index contributed by atoms with van der Waals surface area (Å²) in [5, 5.41) is 3.71. The monoisotopic (exact) mass is 268 g/mol. The van der Waals surface area contributed by atoms with Crippen LogP contribution in [0.5, 0.6) is 0 Å². The first kappa shape index (κ1) is 12.8. The van der Waals surface area contributed by atoms with Gasteiger partial charge in [0.05, 0.1) is 23.2 Å². The van der Waals surface area contributed by atoms with Crippen molar-refractivity contribution in [3.63, 3.8) is 0 Å². The van der Waals surface area contributed by atoms with Crippen molar-refractivity contribution >= 4 is 32.7 Å². The Bertz CT molecular complexity index is 556. The largest absolute Gasteiger partial charge is 0.466 e. The molecule has 0 saturated carbocycles. The quantitative estimate of drug-likeness (QED) is 0.847. The molecule has 96 valence electrons. The van der Waals surface area contributed by atoms with E-state index in [9.17, 15) is 9.18 Å². The van der Waals surface area contributed by atoms with Gasteiger partial charge >= 0.3 is 5.97 Å². The molecule has 1 aromatic heterocycles. The molecule has 0 spiro atoms. The summed E-state index contributed by atoms with van der Waals surface area (Å²) in [6, 6.07) is 4.46. The highest BCUT2D eigenvalue weighted by Crippen LogP contribution is 2.26. The van der Waals surface area contributed by atoms with Crippen molar-refractivity contribution in [1.82, 2.24) is 4.98 Å². The molecule has 0 unspecified atom stereocenters. The maximum absolute atomic E-state index is 13.0. The summed E-state index contributed by atoms with van der Waals surface area (Å²) in [6.07, 6.45) is 0.290. The summed E-state index contributed by atoms with van der Waals surface area (Å²) in [6.45, 7) is 2.62. The lowest BCUT2D eigenvalue weighted by Gasteiger charge is -2.02. The van der Waals surface area contributed by atoms with Crippen molar-refractivity contribution in [1.29, 1.82) is 0 Å². The highest BCUT2D eigenvalue weighted by molar-refractivity contribution is 7.22. The van der Waals surface area contributed by atoms with Gasteiger partial charge in [0, 0.05) is 6.54 Å². The lowest BCUT2D eigenvalue weighted by molar-refractivity contribution is -0.142. The lowest BCUT2D eigenvalue weighted by Crippen LogP contribution is -2.11. The molecule has 0 aliphatic heterocycles. The Morgan fingerprint density at radius 3 is 3.17 bits per heavy atom. The van der Waals surface area contributed by atoms with E-state index in [1.165, 1.54) is 23.5 Å². The van der Waals surface area contributed by atoms with Crippen molar-refractivity contribution in [2.75, 3.05) is 18.5 Å². The maximum atomic E-state index is 13.0. The second-order valence-corrected chi connectivity index (χ2v) is 4.64. The zero-order valence-corrected chi connectivity index (χ0v) is 10.7. The van der Waals surface area contributed by atoms with Gasteiger partial charge in [-0.1, -0.05) is 11.3 Å². The number of aromatic nitrogens is 1. The number of nitrogens with one attached hydrogen (secondary N) is 1. The molecule has 0 fully saturated rings. The summed E-state index contributed by atoms with van der Waals surface area (Å²) >= 11 is 1.36. The van der Waals surface area contributed by atoms with E-state index in [1.54, 1.807) is 13.0 Å². The lowest BCUT2D eigenvalue weighted by atomic mass is 10.3. The van der Waals surface area contributed by atoms with E-state index >= 15 is 0 Å². The SMILES string of the molecule is CCOC(=O)CCNc1nc2ccc(F)cc2s1. The first-order chi connectivity index (χ1) is 8.69. The molecule has 18 heavy (non-hydrogen) atoms. The number of halogens is 1. The summed E-state index contributed by atoms with van der Waals surface area (Å²) in [7, 11) is 0. The molecule has 0 radical (unpaired) electrons. The number of fused-ring (bicyclic) bond motifs is 1. The zero-order valence-electron chi connectivity index (χ0n) is 9.90. The molecule has 2 aromatic rings. The number of thiazole rings is 1. The molecule has 1 aromatic carbocycles. The van der Waals surface area contributed by atoms with Crippen LogP contribution in [0.4, 0.5) is 9.52 Å². The number of anilines is 1. The second-order valence-electron chi connectivity index (χ2n) is 3.61. The van der Waals surface area contributed by atoms with Crippen LogP contribution >= 0.6 is 11.3 Å². The van der Waals surface area contributed by atoms with Crippen molar-refractivity contribution in [3.05, 3.63) is 24.0 Å². The van der Waals surface area contributed by atoms with E-state index < -0.39 is 0 Å². The van der Waals surface area contributed by atoms with Crippen LogP contribution in [-0.2, 0) is 9.53 Å². The highest BCUT2D eigenvalue weighted by atomic mass is 32.1. The van der Waals surface area contributed by atoms with Gasteiger partial charge in [-0.25, -0.2) is 9.37 Å². The molecule has 6 heteroatoms. The Morgan fingerprint density at radius 2 is 2.39 bits per heavy atom. The van der Waals surface area contributed by atoms with Crippen LogP contribution < -0.4 is 5.32 Å². The third kappa shape index (κ3) is 3.16. The average molecular weight is 268 g/mol. The summed E-state index contributed by atoms with van der Waals surface area (Å²) in [4.78, 5) is 15.4. The Kier molecular flexibility index (Phi) is 4.09. The average Bonchev–Trinajstić information content (AvgIpc) is 2.71. The van der Waals surface area contributed by atoms with Crippen LogP contribution in [0.15, 0.2) is 18.2 Å². The fourth-order valence-corrected chi connectivity index (χ4v) is 2.40. The fraction of sp³-hybridized carbons (Fsp3) is 0.333. The number of esters is 1. The van der Waals surface area contributed by atoms with Crippen molar-refractivity contribution in [3.8, 4) is 0 Å². The predicted molar refractivity (Wildman–Crippen MR) is 69.3 cm³/mol. The number of ether oxygens (including phenoxy) is 1. The molecule has 0 amide bonds. The van der Waals surface area contributed by atoms with E-state index in [-0.39, 0.29) is 18.2 Å². The molecule has 2 rings (SSSR count). The van der Waals surface area contributed by atoms with Crippen LogP contribution in [0, 0.1) is 5.82 Å². The van der Waals surface area contributed by atoms with Gasteiger partial charge in [0.15, 0.2) is 5.13 Å². The Hall–Kier alpha value is -1.69. The molecule has 1 N–H and O–H groups in total. The van der Waals surface area contributed by atoms with Gasteiger partial charge in [0.2, 0.25) is 0 Å². The van der Waals surface area contributed by atoms with E-state index in [0.717, 1.165) is 10.2 Å². The Balaban J connectivity index is 1.94. The smallest absolute Gasteiger partial charge is 0.307 e. The predicted octanol–water partition coefficient (Wildman–Crippen LogP) is 2.80. The topological polar surface area (TPSA) is 51.2 Å². The molecular formula is C12H13FN2O2S.